The minimum absolute atomic E-state index is 0.0504. The number of methoxy groups -OCH3 is 2. The number of rotatable bonds is 9. The quantitative estimate of drug-likeness (QED) is 0.314. The lowest BCUT2D eigenvalue weighted by molar-refractivity contribution is -0.113. The number of nitrogens with zero attached hydrogens (tertiary/aromatic N) is 2. The van der Waals surface area contributed by atoms with Crippen molar-refractivity contribution in [2.45, 2.75) is 38.3 Å². The number of ether oxygens (including phenoxy) is 3. The molecule has 3 aromatic rings. The van der Waals surface area contributed by atoms with E-state index in [1.807, 2.05) is 0 Å². The van der Waals surface area contributed by atoms with Crippen LogP contribution in [0.2, 0.25) is 0 Å². The average Bonchev–Trinajstić information content (AvgIpc) is 3.46. The van der Waals surface area contributed by atoms with Crippen LogP contribution in [0.5, 0.6) is 11.5 Å². The maximum atomic E-state index is 12.7. The third kappa shape index (κ3) is 5.62. The molecule has 0 bridgehead atoms. The number of carbonyl (C=O) groups is 2. The lowest BCUT2D eigenvalue weighted by atomic mass is 9.88. The van der Waals surface area contributed by atoms with E-state index in [1.54, 1.807) is 39.3 Å². The van der Waals surface area contributed by atoms with Crippen molar-refractivity contribution in [2.24, 2.45) is 5.92 Å². The highest BCUT2D eigenvalue weighted by atomic mass is 32.2. The zero-order valence-electron chi connectivity index (χ0n) is 20.0. The molecule has 9 nitrogen and oxygen atoms in total. The van der Waals surface area contributed by atoms with Crippen LogP contribution in [-0.2, 0) is 22.4 Å². The molecule has 0 radical (unpaired) electrons. The Morgan fingerprint density at radius 3 is 2.77 bits per heavy atom. The number of carbonyl (C=O) groups excluding carboxylic acids is 2. The molecule has 4 rings (SSSR count). The van der Waals surface area contributed by atoms with Gasteiger partial charge in [0.15, 0.2) is 11.5 Å². The molecule has 1 atom stereocenters. The predicted octanol–water partition coefficient (Wildman–Crippen LogP) is 4.85. The third-order valence-corrected chi connectivity index (χ3v) is 7.60. The summed E-state index contributed by atoms with van der Waals surface area (Å²) in [7, 11) is 3.11. The summed E-state index contributed by atoms with van der Waals surface area (Å²) in [6.45, 7) is 4.25. The van der Waals surface area contributed by atoms with Crippen molar-refractivity contribution in [3.63, 3.8) is 0 Å². The average molecular weight is 518 g/mol. The van der Waals surface area contributed by atoms with Crippen LogP contribution in [0.1, 0.15) is 41.1 Å². The summed E-state index contributed by atoms with van der Waals surface area (Å²) in [5.41, 5.74) is 2.17. The lowest BCUT2D eigenvalue weighted by Crippen LogP contribution is -2.17. The zero-order chi connectivity index (χ0) is 24.9. The molecule has 0 fully saturated rings. The van der Waals surface area contributed by atoms with Crippen LogP contribution in [0.15, 0.2) is 27.8 Å². The summed E-state index contributed by atoms with van der Waals surface area (Å²) < 4.78 is 21.5. The van der Waals surface area contributed by atoms with Gasteiger partial charge < -0.3 is 23.9 Å². The molecule has 1 aromatic carbocycles. The number of amides is 1. The molecule has 1 aliphatic rings. The van der Waals surface area contributed by atoms with Gasteiger partial charge in [0, 0.05) is 10.4 Å². The molecule has 0 saturated carbocycles. The number of fused-ring (bicyclic) bond motifs is 1. The van der Waals surface area contributed by atoms with E-state index in [9.17, 15) is 9.59 Å². The van der Waals surface area contributed by atoms with Crippen LogP contribution in [-0.4, -0.2) is 48.7 Å². The normalized spacial score (nSPS) is 14.8. The molecular weight excluding hydrogens is 490 g/mol. The number of aromatic nitrogens is 2. The summed E-state index contributed by atoms with van der Waals surface area (Å²) >= 11 is 2.58. The second-order valence-corrected chi connectivity index (χ2v) is 10.1. The highest BCUT2D eigenvalue weighted by Crippen LogP contribution is 2.40. The van der Waals surface area contributed by atoms with Gasteiger partial charge in [-0.15, -0.1) is 21.5 Å². The lowest BCUT2D eigenvalue weighted by Gasteiger charge is -2.18. The Bertz CT molecular complexity index is 1220. The van der Waals surface area contributed by atoms with Gasteiger partial charge in [-0.2, -0.15) is 0 Å². The first-order valence-electron chi connectivity index (χ1n) is 11.2. The molecule has 0 aliphatic heterocycles. The summed E-state index contributed by atoms with van der Waals surface area (Å²) in [6.07, 6.45) is 2.73. The Kier molecular flexibility index (Phi) is 7.97. The molecule has 1 N–H and O–H groups in total. The second-order valence-electron chi connectivity index (χ2n) is 8.06. The van der Waals surface area contributed by atoms with Gasteiger partial charge in [0.25, 0.3) is 5.22 Å². The van der Waals surface area contributed by atoms with E-state index in [-0.39, 0.29) is 29.5 Å². The number of hydrogen-bond acceptors (Lipinski definition) is 10. The first-order chi connectivity index (χ1) is 16.9. The van der Waals surface area contributed by atoms with Gasteiger partial charge in [0.2, 0.25) is 11.8 Å². The molecule has 0 spiro atoms. The number of benzene rings is 1. The maximum Gasteiger partial charge on any atom is 0.341 e. The van der Waals surface area contributed by atoms with Crippen LogP contribution in [0.25, 0.3) is 11.5 Å². The Balaban J connectivity index is 1.43. The Labute approximate surface area is 211 Å². The van der Waals surface area contributed by atoms with Crippen LogP contribution in [0.3, 0.4) is 0 Å². The van der Waals surface area contributed by atoms with Crippen molar-refractivity contribution in [1.29, 1.82) is 0 Å². The van der Waals surface area contributed by atoms with E-state index in [2.05, 4.69) is 22.4 Å². The summed E-state index contributed by atoms with van der Waals surface area (Å²) in [6, 6.07) is 5.28. The molecule has 2 heterocycles. The van der Waals surface area contributed by atoms with E-state index in [0.29, 0.717) is 39.4 Å². The van der Waals surface area contributed by atoms with Gasteiger partial charge in [-0.1, -0.05) is 18.7 Å². The van der Waals surface area contributed by atoms with Crippen molar-refractivity contribution in [2.75, 3.05) is 31.9 Å². The monoisotopic (exact) mass is 517 g/mol. The minimum atomic E-state index is -0.390. The number of esters is 1. The van der Waals surface area contributed by atoms with Gasteiger partial charge >= 0.3 is 5.97 Å². The first kappa shape index (κ1) is 25.1. The summed E-state index contributed by atoms with van der Waals surface area (Å²) in [4.78, 5) is 26.5. The Morgan fingerprint density at radius 2 is 2.03 bits per heavy atom. The fourth-order valence-electron chi connectivity index (χ4n) is 3.90. The van der Waals surface area contributed by atoms with E-state index < -0.39 is 0 Å². The van der Waals surface area contributed by atoms with Crippen LogP contribution >= 0.6 is 23.1 Å². The molecule has 2 aromatic heterocycles. The number of hydrogen-bond donors (Lipinski definition) is 1. The van der Waals surface area contributed by atoms with Gasteiger partial charge in [0.05, 0.1) is 32.1 Å². The Morgan fingerprint density at radius 1 is 1.23 bits per heavy atom. The van der Waals surface area contributed by atoms with Gasteiger partial charge in [-0.3, -0.25) is 4.79 Å². The molecule has 0 saturated heterocycles. The topological polar surface area (TPSA) is 113 Å². The Hall–Kier alpha value is -3.05. The maximum absolute atomic E-state index is 12.7. The first-order valence-corrected chi connectivity index (χ1v) is 13.0. The van der Waals surface area contributed by atoms with Crippen molar-refractivity contribution < 1.29 is 28.2 Å². The molecule has 1 aliphatic carbocycles. The zero-order valence-corrected chi connectivity index (χ0v) is 21.6. The minimum Gasteiger partial charge on any atom is -0.493 e. The van der Waals surface area contributed by atoms with E-state index in [4.69, 9.17) is 18.6 Å². The van der Waals surface area contributed by atoms with Crippen molar-refractivity contribution in [1.82, 2.24) is 10.2 Å². The molecular formula is C24H27N3O6S2. The molecule has 11 heteroatoms. The molecule has 1 unspecified atom stereocenters. The number of thiophene rings is 1. The molecule has 1 amide bonds. The van der Waals surface area contributed by atoms with Gasteiger partial charge in [-0.25, -0.2) is 4.79 Å². The SMILES string of the molecule is CCOC(=O)c1c(NC(=O)CSc2nnc(-c3ccc(OC)c(OC)c3)o2)sc2c1CCC(C)C2. The van der Waals surface area contributed by atoms with E-state index >= 15 is 0 Å². The highest BCUT2D eigenvalue weighted by Gasteiger charge is 2.29. The fourth-order valence-corrected chi connectivity index (χ4v) is 5.88. The number of thioether (sulfide) groups is 1. The van der Waals surface area contributed by atoms with Gasteiger partial charge in [0.1, 0.15) is 5.00 Å². The summed E-state index contributed by atoms with van der Waals surface area (Å²) in [5.74, 6) is 1.38. The predicted molar refractivity (Wildman–Crippen MR) is 134 cm³/mol. The van der Waals surface area contributed by atoms with Crippen molar-refractivity contribution in [3.8, 4) is 23.0 Å². The highest BCUT2D eigenvalue weighted by molar-refractivity contribution is 7.99. The van der Waals surface area contributed by atoms with E-state index in [1.165, 1.54) is 11.3 Å². The second kappa shape index (κ2) is 11.1. The largest absolute Gasteiger partial charge is 0.493 e. The van der Waals surface area contributed by atoms with E-state index in [0.717, 1.165) is 41.5 Å². The standard InChI is InChI=1S/C24H27N3O6S2/c1-5-32-23(29)20-15-8-6-13(2)10-18(15)35-22(20)25-19(28)12-34-24-27-26-21(33-24)14-7-9-16(30-3)17(11-14)31-4/h7,9,11,13H,5-6,8,10,12H2,1-4H3,(H,25,28). The van der Waals surface area contributed by atoms with Crippen LogP contribution < -0.4 is 14.8 Å². The van der Waals surface area contributed by atoms with Crippen LogP contribution in [0, 0.1) is 5.92 Å². The summed E-state index contributed by atoms with van der Waals surface area (Å²) in [5, 5.41) is 11.8. The molecule has 186 valence electrons. The number of anilines is 1. The fraction of sp³-hybridized carbons (Fsp3) is 0.417. The van der Waals surface area contributed by atoms with Crippen LogP contribution in [0.4, 0.5) is 5.00 Å². The third-order valence-electron chi connectivity index (χ3n) is 5.61. The van der Waals surface area contributed by atoms with Crippen molar-refractivity contribution >= 4 is 40.0 Å². The number of nitrogens with one attached hydrogen (secondary N) is 1. The van der Waals surface area contributed by atoms with Crippen molar-refractivity contribution in [3.05, 3.63) is 34.2 Å². The smallest absolute Gasteiger partial charge is 0.341 e. The van der Waals surface area contributed by atoms with Gasteiger partial charge in [-0.05, 0) is 55.9 Å². The molecule has 35 heavy (non-hydrogen) atoms.